The zero-order valence-corrected chi connectivity index (χ0v) is 20.2. The smallest absolute Gasteiger partial charge is 0.301 e. The van der Waals surface area contributed by atoms with E-state index in [1.807, 2.05) is 36.6 Å². The van der Waals surface area contributed by atoms with E-state index in [1.165, 1.54) is 27.6 Å². The number of thiophene rings is 1. The van der Waals surface area contributed by atoms with Crippen molar-refractivity contribution < 1.29 is 24.2 Å². The molecular formula is C25H20N2O5S2. The summed E-state index contributed by atoms with van der Waals surface area (Å²) in [6.45, 7) is 1.85. The molecule has 3 heterocycles. The van der Waals surface area contributed by atoms with Gasteiger partial charge in [0, 0.05) is 10.4 Å². The van der Waals surface area contributed by atoms with Crippen LogP contribution in [0.25, 0.3) is 16.0 Å². The Hall–Kier alpha value is -3.69. The maximum absolute atomic E-state index is 13.3. The van der Waals surface area contributed by atoms with E-state index in [2.05, 4.69) is 4.98 Å². The Labute approximate surface area is 203 Å². The first-order valence-corrected chi connectivity index (χ1v) is 12.1. The van der Waals surface area contributed by atoms with Gasteiger partial charge in [-0.25, -0.2) is 4.98 Å². The largest absolute Gasteiger partial charge is 0.507 e. The molecule has 1 fully saturated rings. The Kier molecular flexibility index (Phi) is 5.59. The van der Waals surface area contributed by atoms with E-state index < -0.39 is 17.7 Å². The van der Waals surface area contributed by atoms with E-state index in [9.17, 15) is 14.7 Å². The van der Waals surface area contributed by atoms with Crippen LogP contribution in [0.15, 0.2) is 59.5 Å². The van der Waals surface area contributed by atoms with Crippen molar-refractivity contribution in [3.63, 3.8) is 0 Å². The standard InChI is InChI=1S/C25H20N2O5S2/c1-13-11-14(6-9-17(13)32-3)22(28)20-21(18-5-4-10-33-18)27(24(30)23(20)29)25-26-16-8-7-15(31-2)12-19(16)34-25/h4-12,21,28H,1-3H3. The molecule has 1 atom stereocenters. The molecule has 0 bridgehead atoms. The van der Waals surface area contributed by atoms with Crippen LogP contribution in [0.3, 0.4) is 0 Å². The van der Waals surface area contributed by atoms with Crippen molar-refractivity contribution in [3.8, 4) is 11.5 Å². The van der Waals surface area contributed by atoms with Gasteiger partial charge in [-0.2, -0.15) is 0 Å². The SMILES string of the molecule is COc1ccc2nc(N3C(=O)C(=O)C(=C(O)c4ccc(OC)c(C)c4)C3c3cccs3)sc2c1. The minimum atomic E-state index is -0.787. The lowest BCUT2D eigenvalue weighted by Gasteiger charge is -2.21. The molecule has 9 heteroatoms. The second kappa shape index (κ2) is 8.58. The number of hydrogen-bond donors (Lipinski definition) is 1. The van der Waals surface area contributed by atoms with E-state index in [1.54, 1.807) is 38.5 Å². The molecule has 34 heavy (non-hydrogen) atoms. The number of ether oxygens (including phenoxy) is 2. The molecule has 2 aromatic carbocycles. The number of amides is 1. The Morgan fingerprint density at radius 2 is 1.91 bits per heavy atom. The average Bonchev–Trinajstić information content (AvgIpc) is 3.56. The highest BCUT2D eigenvalue weighted by molar-refractivity contribution is 7.22. The topological polar surface area (TPSA) is 89.0 Å². The highest BCUT2D eigenvalue weighted by atomic mass is 32.1. The predicted octanol–water partition coefficient (Wildman–Crippen LogP) is 5.31. The summed E-state index contributed by atoms with van der Waals surface area (Å²) in [5.41, 5.74) is 1.97. The number of Topliss-reactive ketones (excluding diaryl/α,β-unsaturated/α-hetero) is 1. The summed E-state index contributed by atoms with van der Waals surface area (Å²) in [4.78, 5) is 33.3. The second-order valence-electron chi connectivity index (χ2n) is 7.70. The van der Waals surface area contributed by atoms with Crippen molar-refractivity contribution in [1.29, 1.82) is 0 Å². The fourth-order valence-corrected chi connectivity index (χ4v) is 5.89. The summed E-state index contributed by atoms with van der Waals surface area (Å²) >= 11 is 2.70. The fourth-order valence-electron chi connectivity index (χ4n) is 4.05. The second-order valence-corrected chi connectivity index (χ2v) is 9.69. The number of hydrogen-bond acceptors (Lipinski definition) is 8. The number of aliphatic hydroxyl groups is 1. The predicted molar refractivity (Wildman–Crippen MR) is 133 cm³/mol. The molecule has 5 rings (SSSR count). The third-order valence-corrected chi connectivity index (χ3v) is 7.66. The number of carbonyl (C=O) groups excluding carboxylic acids is 2. The third kappa shape index (κ3) is 3.53. The van der Waals surface area contributed by atoms with E-state index in [-0.39, 0.29) is 11.3 Å². The zero-order valence-electron chi connectivity index (χ0n) is 18.6. The normalized spacial score (nSPS) is 17.5. The summed E-state index contributed by atoms with van der Waals surface area (Å²) < 4.78 is 11.4. The van der Waals surface area contributed by atoms with Gasteiger partial charge in [0.05, 0.1) is 30.0 Å². The molecule has 7 nitrogen and oxygen atoms in total. The number of carbonyl (C=O) groups is 2. The minimum absolute atomic E-state index is 0.0360. The Morgan fingerprint density at radius 3 is 2.59 bits per heavy atom. The molecule has 2 aromatic heterocycles. The van der Waals surface area contributed by atoms with Crippen molar-refractivity contribution >= 4 is 55.5 Å². The molecule has 1 N–H and O–H groups in total. The number of aliphatic hydroxyl groups excluding tert-OH is 1. The van der Waals surface area contributed by atoms with Gasteiger partial charge in [-0.05, 0) is 60.3 Å². The van der Waals surface area contributed by atoms with Crippen LogP contribution in [0.2, 0.25) is 0 Å². The lowest BCUT2D eigenvalue weighted by atomic mass is 9.99. The first kappa shape index (κ1) is 22.1. The number of anilines is 1. The summed E-state index contributed by atoms with van der Waals surface area (Å²) in [6, 6.07) is 13.5. The van der Waals surface area contributed by atoms with Crippen LogP contribution in [0.5, 0.6) is 11.5 Å². The van der Waals surface area contributed by atoms with Crippen LogP contribution in [-0.2, 0) is 9.59 Å². The van der Waals surface area contributed by atoms with Crippen molar-refractivity contribution in [1.82, 2.24) is 4.98 Å². The molecule has 1 saturated heterocycles. The van der Waals surface area contributed by atoms with Crippen molar-refractivity contribution in [2.75, 3.05) is 19.1 Å². The number of thiazole rings is 1. The highest BCUT2D eigenvalue weighted by Crippen LogP contribution is 2.45. The van der Waals surface area contributed by atoms with Crippen LogP contribution in [0.1, 0.15) is 22.0 Å². The molecule has 0 saturated carbocycles. The molecular weight excluding hydrogens is 472 g/mol. The molecule has 0 spiro atoms. The molecule has 0 aliphatic carbocycles. The maximum Gasteiger partial charge on any atom is 0.301 e. The van der Waals surface area contributed by atoms with Gasteiger partial charge < -0.3 is 14.6 Å². The van der Waals surface area contributed by atoms with E-state index in [4.69, 9.17) is 9.47 Å². The number of rotatable bonds is 5. The number of methoxy groups -OCH3 is 2. The third-order valence-electron chi connectivity index (χ3n) is 5.72. The van der Waals surface area contributed by atoms with Crippen LogP contribution in [-0.4, -0.2) is 36.0 Å². The molecule has 4 aromatic rings. The summed E-state index contributed by atoms with van der Waals surface area (Å²) in [7, 11) is 3.15. The van der Waals surface area contributed by atoms with Gasteiger partial charge in [0.2, 0.25) is 0 Å². The molecule has 1 aliphatic rings. The summed E-state index contributed by atoms with van der Waals surface area (Å²) in [5.74, 6) is -0.364. The summed E-state index contributed by atoms with van der Waals surface area (Å²) in [6.07, 6.45) is 0. The fraction of sp³-hybridized carbons (Fsp3) is 0.160. The molecule has 1 unspecified atom stereocenters. The van der Waals surface area contributed by atoms with Crippen LogP contribution < -0.4 is 14.4 Å². The van der Waals surface area contributed by atoms with E-state index in [0.717, 1.165) is 15.1 Å². The Bertz CT molecular complexity index is 1460. The van der Waals surface area contributed by atoms with Crippen LogP contribution in [0.4, 0.5) is 5.13 Å². The minimum Gasteiger partial charge on any atom is -0.507 e. The van der Waals surface area contributed by atoms with Crippen molar-refractivity contribution in [2.24, 2.45) is 0 Å². The Morgan fingerprint density at radius 1 is 1.09 bits per heavy atom. The first-order chi connectivity index (χ1) is 16.4. The molecule has 1 amide bonds. The van der Waals surface area contributed by atoms with Gasteiger partial charge in [-0.3, -0.25) is 14.5 Å². The van der Waals surface area contributed by atoms with Gasteiger partial charge in [0.15, 0.2) is 5.13 Å². The van der Waals surface area contributed by atoms with E-state index in [0.29, 0.717) is 27.7 Å². The average molecular weight is 493 g/mol. The molecule has 1 aliphatic heterocycles. The summed E-state index contributed by atoms with van der Waals surface area (Å²) in [5, 5.41) is 13.5. The number of nitrogens with zero attached hydrogens (tertiary/aromatic N) is 2. The highest BCUT2D eigenvalue weighted by Gasteiger charge is 2.48. The van der Waals surface area contributed by atoms with E-state index >= 15 is 0 Å². The number of fused-ring (bicyclic) bond motifs is 1. The van der Waals surface area contributed by atoms with Gasteiger partial charge >= 0.3 is 5.91 Å². The van der Waals surface area contributed by atoms with Crippen LogP contribution in [0, 0.1) is 6.92 Å². The quantitative estimate of drug-likeness (QED) is 0.231. The van der Waals surface area contributed by atoms with Gasteiger partial charge in [-0.1, -0.05) is 17.4 Å². The lowest BCUT2D eigenvalue weighted by molar-refractivity contribution is -0.132. The van der Waals surface area contributed by atoms with Crippen LogP contribution >= 0.6 is 22.7 Å². The maximum atomic E-state index is 13.3. The monoisotopic (exact) mass is 492 g/mol. The number of aryl methyl sites for hydroxylation is 1. The van der Waals surface area contributed by atoms with Crippen molar-refractivity contribution in [2.45, 2.75) is 13.0 Å². The lowest BCUT2D eigenvalue weighted by Crippen LogP contribution is -2.28. The molecule has 0 radical (unpaired) electrons. The molecule has 172 valence electrons. The number of aromatic nitrogens is 1. The van der Waals surface area contributed by atoms with Crippen molar-refractivity contribution in [3.05, 3.63) is 75.5 Å². The van der Waals surface area contributed by atoms with Gasteiger partial charge in [0.1, 0.15) is 23.3 Å². The first-order valence-electron chi connectivity index (χ1n) is 10.4. The number of ketones is 1. The number of benzene rings is 2. The van der Waals surface area contributed by atoms with Gasteiger partial charge in [-0.15, -0.1) is 11.3 Å². The van der Waals surface area contributed by atoms with Gasteiger partial charge in [0.25, 0.3) is 5.78 Å². The zero-order chi connectivity index (χ0) is 24.0. The Balaban J connectivity index is 1.68.